The van der Waals surface area contributed by atoms with E-state index in [2.05, 4.69) is 0 Å². The van der Waals surface area contributed by atoms with Gasteiger partial charge in [0.05, 0.1) is 17.4 Å². The third-order valence-corrected chi connectivity index (χ3v) is 5.77. The van der Waals surface area contributed by atoms with Crippen LogP contribution in [-0.4, -0.2) is 42.7 Å². The molecule has 2 aromatic rings. The molecule has 1 N–H and O–H groups in total. The standard InChI is InChI=1S/C19H18ClF3N2O4S/c20-15-5-7-16(8-6-15)25-17(13-3-1-4-14(11-13)19(21,22)23)12-24(18(25)26)9-2-10-30(27,28)29/h1,3-8,11,17H,2,9-10,12H2,(H,27,28,29). The van der Waals surface area contributed by atoms with Gasteiger partial charge in [-0.15, -0.1) is 0 Å². The second kappa shape index (κ2) is 8.44. The quantitative estimate of drug-likeness (QED) is 0.635. The predicted octanol–water partition coefficient (Wildman–Crippen LogP) is 4.62. The number of alkyl halides is 3. The molecule has 162 valence electrons. The lowest BCUT2D eigenvalue weighted by molar-refractivity contribution is -0.137. The summed E-state index contributed by atoms with van der Waals surface area (Å²) < 4.78 is 70.3. The molecule has 0 saturated carbocycles. The van der Waals surface area contributed by atoms with E-state index in [1.54, 1.807) is 24.3 Å². The van der Waals surface area contributed by atoms with E-state index in [4.69, 9.17) is 16.2 Å². The van der Waals surface area contributed by atoms with E-state index in [1.165, 1.54) is 21.9 Å². The zero-order valence-corrected chi connectivity index (χ0v) is 17.1. The summed E-state index contributed by atoms with van der Waals surface area (Å²) in [4.78, 5) is 15.7. The van der Waals surface area contributed by atoms with Gasteiger partial charge in [0, 0.05) is 23.8 Å². The lowest BCUT2D eigenvalue weighted by Gasteiger charge is -2.24. The summed E-state index contributed by atoms with van der Waals surface area (Å²) in [6.07, 6.45) is -4.53. The highest BCUT2D eigenvalue weighted by Gasteiger charge is 2.40. The van der Waals surface area contributed by atoms with Crippen molar-refractivity contribution in [3.05, 3.63) is 64.7 Å². The summed E-state index contributed by atoms with van der Waals surface area (Å²) in [7, 11) is -4.18. The number of benzene rings is 2. The van der Waals surface area contributed by atoms with Gasteiger partial charge in [0.15, 0.2) is 0 Å². The van der Waals surface area contributed by atoms with Gasteiger partial charge in [0.2, 0.25) is 0 Å². The van der Waals surface area contributed by atoms with Gasteiger partial charge in [-0.25, -0.2) is 4.79 Å². The highest BCUT2D eigenvalue weighted by atomic mass is 35.5. The molecule has 2 amide bonds. The Hall–Kier alpha value is -2.30. The summed E-state index contributed by atoms with van der Waals surface area (Å²) in [5.74, 6) is -0.522. The molecule has 1 aliphatic heterocycles. The van der Waals surface area contributed by atoms with Gasteiger partial charge in [-0.2, -0.15) is 21.6 Å². The van der Waals surface area contributed by atoms with Crippen LogP contribution in [0.4, 0.5) is 23.7 Å². The summed E-state index contributed by atoms with van der Waals surface area (Å²) in [5.41, 5.74) is -0.0807. The van der Waals surface area contributed by atoms with Gasteiger partial charge in [0.25, 0.3) is 10.1 Å². The van der Waals surface area contributed by atoms with Gasteiger partial charge >= 0.3 is 12.2 Å². The fraction of sp³-hybridized carbons (Fsp3) is 0.316. The molecule has 0 aliphatic carbocycles. The molecule has 0 radical (unpaired) electrons. The van der Waals surface area contributed by atoms with E-state index in [9.17, 15) is 26.4 Å². The first-order chi connectivity index (χ1) is 14.0. The van der Waals surface area contributed by atoms with Crippen molar-refractivity contribution < 1.29 is 30.9 Å². The van der Waals surface area contributed by atoms with Crippen molar-refractivity contribution in [2.45, 2.75) is 18.6 Å². The van der Waals surface area contributed by atoms with E-state index in [-0.39, 0.29) is 19.5 Å². The maximum absolute atomic E-state index is 13.2. The van der Waals surface area contributed by atoms with Crippen molar-refractivity contribution in [3.63, 3.8) is 0 Å². The zero-order chi connectivity index (χ0) is 22.1. The van der Waals surface area contributed by atoms with Crippen LogP contribution in [0.1, 0.15) is 23.6 Å². The molecule has 1 saturated heterocycles. The molecule has 30 heavy (non-hydrogen) atoms. The molecule has 1 aliphatic rings. The Morgan fingerprint density at radius 1 is 1.13 bits per heavy atom. The minimum absolute atomic E-state index is 0.00561. The molecular weight excluding hydrogens is 445 g/mol. The highest BCUT2D eigenvalue weighted by Crippen LogP contribution is 2.37. The molecule has 1 fully saturated rings. The van der Waals surface area contributed by atoms with Crippen molar-refractivity contribution in [1.29, 1.82) is 0 Å². The van der Waals surface area contributed by atoms with E-state index in [0.29, 0.717) is 16.3 Å². The number of anilines is 1. The monoisotopic (exact) mass is 462 g/mol. The second-order valence-electron chi connectivity index (χ2n) is 6.85. The number of nitrogens with zero attached hydrogens (tertiary/aromatic N) is 2. The van der Waals surface area contributed by atoms with Crippen LogP contribution in [0.25, 0.3) is 0 Å². The van der Waals surface area contributed by atoms with Crippen LogP contribution in [-0.2, 0) is 16.3 Å². The first-order valence-electron chi connectivity index (χ1n) is 8.92. The van der Waals surface area contributed by atoms with Gasteiger partial charge < -0.3 is 4.90 Å². The summed E-state index contributed by atoms with van der Waals surface area (Å²) in [5, 5.41) is 0.436. The van der Waals surface area contributed by atoms with Gasteiger partial charge in [-0.05, 0) is 48.4 Å². The SMILES string of the molecule is O=C1N(CCCS(=O)(=O)O)CC(c2cccc(C(F)(F)F)c2)N1c1ccc(Cl)cc1. The Morgan fingerprint density at radius 3 is 2.40 bits per heavy atom. The molecule has 0 spiro atoms. The third kappa shape index (κ3) is 5.24. The average Bonchev–Trinajstić information content (AvgIpc) is 2.97. The summed E-state index contributed by atoms with van der Waals surface area (Å²) in [6.45, 7) is 0.0897. The normalized spacial score (nSPS) is 17.6. The van der Waals surface area contributed by atoms with Crippen molar-refractivity contribution in [3.8, 4) is 0 Å². The van der Waals surface area contributed by atoms with Crippen LogP contribution in [0.3, 0.4) is 0 Å². The van der Waals surface area contributed by atoms with Gasteiger partial charge in [-0.3, -0.25) is 9.45 Å². The van der Waals surface area contributed by atoms with Crippen molar-refractivity contribution in [2.75, 3.05) is 23.7 Å². The molecule has 1 heterocycles. The van der Waals surface area contributed by atoms with Crippen LogP contribution < -0.4 is 4.90 Å². The Bertz CT molecular complexity index is 1030. The summed E-state index contributed by atoms with van der Waals surface area (Å²) >= 11 is 5.90. The number of carbonyl (C=O) groups is 1. The Morgan fingerprint density at radius 2 is 1.80 bits per heavy atom. The second-order valence-corrected chi connectivity index (χ2v) is 8.86. The average molecular weight is 463 g/mol. The molecular formula is C19H18ClF3N2O4S. The first-order valence-corrected chi connectivity index (χ1v) is 10.9. The largest absolute Gasteiger partial charge is 0.416 e. The maximum Gasteiger partial charge on any atom is 0.416 e. The molecule has 0 bridgehead atoms. The van der Waals surface area contributed by atoms with E-state index in [1.807, 2.05) is 0 Å². The number of hydrogen-bond donors (Lipinski definition) is 1. The van der Waals surface area contributed by atoms with Gasteiger partial charge in [0.1, 0.15) is 0 Å². The van der Waals surface area contributed by atoms with Crippen LogP contribution in [0, 0.1) is 0 Å². The topological polar surface area (TPSA) is 77.9 Å². The number of urea groups is 1. The fourth-order valence-electron chi connectivity index (χ4n) is 3.35. The highest BCUT2D eigenvalue weighted by molar-refractivity contribution is 7.85. The smallest absolute Gasteiger partial charge is 0.322 e. The maximum atomic E-state index is 13.2. The number of carbonyl (C=O) groups excluding carboxylic acids is 1. The Kier molecular flexibility index (Phi) is 6.30. The Balaban J connectivity index is 1.94. The van der Waals surface area contributed by atoms with Crippen molar-refractivity contribution in [2.24, 2.45) is 0 Å². The fourth-order valence-corrected chi connectivity index (χ4v) is 3.97. The van der Waals surface area contributed by atoms with Crippen molar-refractivity contribution >= 4 is 33.4 Å². The number of rotatable bonds is 6. The lowest BCUT2D eigenvalue weighted by atomic mass is 10.0. The number of hydrogen-bond acceptors (Lipinski definition) is 3. The number of amides is 2. The molecule has 11 heteroatoms. The molecule has 2 aromatic carbocycles. The van der Waals surface area contributed by atoms with Crippen LogP contribution >= 0.6 is 11.6 Å². The molecule has 3 rings (SSSR count). The van der Waals surface area contributed by atoms with Crippen molar-refractivity contribution in [1.82, 2.24) is 4.90 Å². The molecule has 1 unspecified atom stereocenters. The third-order valence-electron chi connectivity index (χ3n) is 4.72. The van der Waals surface area contributed by atoms with Crippen LogP contribution in [0.15, 0.2) is 48.5 Å². The minimum Gasteiger partial charge on any atom is -0.322 e. The van der Waals surface area contributed by atoms with Gasteiger partial charge in [-0.1, -0.05) is 23.7 Å². The summed E-state index contributed by atoms with van der Waals surface area (Å²) in [6, 6.07) is 9.86. The van der Waals surface area contributed by atoms with E-state index < -0.39 is 39.7 Å². The minimum atomic E-state index is -4.53. The Labute approximate surface area is 176 Å². The zero-order valence-electron chi connectivity index (χ0n) is 15.5. The van der Waals surface area contributed by atoms with E-state index in [0.717, 1.165) is 12.1 Å². The van der Waals surface area contributed by atoms with Crippen LogP contribution in [0.5, 0.6) is 0 Å². The molecule has 6 nitrogen and oxygen atoms in total. The first kappa shape index (κ1) is 22.4. The van der Waals surface area contributed by atoms with E-state index >= 15 is 0 Å². The molecule has 0 aromatic heterocycles. The number of halogens is 4. The predicted molar refractivity (Wildman–Crippen MR) is 106 cm³/mol. The lowest BCUT2D eigenvalue weighted by Crippen LogP contribution is -2.33. The molecule has 1 atom stereocenters. The van der Waals surface area contributed by atoms with Crippen LogP contribution in [0.2, 0.25) is 5.02 Å².